The summed E-state index contributed by atoms with van der Waals surface area (Å²) in [6, 6.07) is 14.0. The second kappa shape index (κ2) is 9.91. The van der Waals surface area contributed by atoms with E-state index in [0.29, 0.717) is 22.6 Å². The summed E-state index contributed by atoms with van der Waals surface area (Å²) in [6.45, 7) is 9.35. The van der Waals surface area contributed by atoms with Crippen LogP contribution in [-0.4, -0.2) is 30.3 Å². The number of amides is 3. The van der Waals surface area contributed by atoms with Crippen molar-refractivity contribution >= 4 is 34.8 Å². The maximum Gasteiger partial charge on any atom is 0.251 e. The molecule has 0 spiro atoms. The highest BCUT2D eigenvalue weighted by atomic mass is 16.2. The van der Waals surface area contributed by atoms with Crippen molar-refractivity contribution < 1.29 is 14.4 Å². The first-order valence-electron chi connectivity index (χ1n) is 9.91. The zero-order valence-corrected chi connectivity index (χ0v) is 18.1. The molecule has 0 bridgehead atoms. The predicted molar refractivity (Wildman–Crippen MR) is 121 cm³/mol. The Kier molecular flexibility index (Phi) is 7.58. The van der Waals surface area contributed by atoms with Crippen molar-refractivity contribution in [2.75, 3.05) is 22.5 Å². The zero-order valence-electron chi connectivity index (χ0n) is 18.1. The molecule has 0 saturated heterocycles. The van der Waals surface area contributed by atoms with E-state index >= 15 is 0 Å². The third-order valence-electron chi connectivity index (χ3n) is 4.08. The Labute approximate surface area is 177 Å². The van der Waals surface area contributed by atoms with Crippen LogP contribution in [0.5, 0.6) is 0 Å². The topological polar surface area (TPSA) is 99.3 Å². The molecule has 0 aliphatic carbocycles. The highest BCUT2D eigenvalue weighted by Crippen LogP contribution is 2.20. The van der Waals surface area contributed by atoms with Gasteiger partial charge < -0.3 is 21.3 Å². The van der Waals surface area contributed by atoms with Crippen LogP contribution in [0.15, 0.2) is 48.5 Å². The Hall–Kier alpha value is -3.35. The van der Waals surface area contributed by atoms with Gasteiger partial charge in [-0.3, -0.25) is 14.4 Å². The molecular weight excluding hydrogens is 380 g/mol. The largest absolute Gasteiger partial charge is 0.376 e. The van der Waals surface area contributed by atoms with E-state index in [1.807, 2.05) is 40.7 Å². The van der Waals surface area contributed by atoms with Crippen molar-refractivity contribution in [3.63, 3.8) is 0 Å². The molecule has 7 nitrogen and oxygen atoms in total. The van der Waals surface area contributed by atoms with Gasteiger partial charge in [0.15, 0.2) is 0 Å². The minimum atomic E-state index is -0.496. The van der Waals surface area contributed by atoms with Crippen molar-refractivity contribution in [3.05, 3.63) is 54.1 Å². The summed E-state index contributed by atoms with van der Waals surface area (Å²) in [5.74, 6) is -0.521. The summed E-state index contributed by atoms with van der Waals surface area (Å²) in [7, 11) is 0. The molecule has 0 fully saturated rings. The van der Waals surface area contributed by atoms with Gasteiger partial charge in [-0.2, -0.15) is 0 Å². The van der Waals surface area contributed by atoms with Gasteiger partial charge >= 0.3 is 0 Å². The quantitative estimate of drug-likeness (QED) is 0.557. The van der Waals surface area contributed by atoms with Gasteiger partial charge in [-0.1, -0.05) is 32.9 Å². The smallest absolute Gasteiger partial charge is 0.251 e. The zero-order chi connectivity index (χ0) is 22.3. The molecule has 0 radical (unpaired) electrons. The van der Waals surface area contributed by atoms with Crippen LogP contribution >= 0.6 is 0 Å². The maximum absolute atomic E-state index is 12.3. The van der Waals surface area contributed by atoms with Crippen molar-refractivity contribution in [1.82, 2.24) is 5.32 Å². The summed E-state index contributed by atoms with van der Waals surface area (Å²) in [4.78, 5) is 36.5. The molecule has 0 saturated carbocycles. The second-order valence-electron chi connectivity index (χ2n) is 8.40. The van der Waals surface area contributed by atoms with Gasteiger partial charge in [-0.05, 0) is 50.2 Å². The number of carbonyl (C=O) groups is 3. The minimum Gasteiger partial charge on any atom is -0.376 e. The number of hydrogen-bond donors (Lipinski definition) is 4. The summed E-state index contributed by atoms with van der Waals surface area (Å²) in [6.07, 6.45) is 0. The van der Waals surface area contributed by atoms with Crippen molar-refractivity contribution in [2.24, 2.45) is 5.41 Å². The van der Waals surface area contributed by atoms with Gasteiger partial charge in [-0.25, -0.2) is 0 Å². The van der Waals surface area contributed by atoms with Gasteiger partial charge in [0.2, 0.25) is 11.8 Å². The molecule has 2 rings (SSSR count). The first-order chi connectivity index (χ1) is 14.0. The molecule has 2 aromatic carbocycles. The number of carbonyl (C=O) groups excluding carboxylic acids is 3. The molecule has 0 heterocycles. The Morgan fingerprint density at radius 3 is 2.10 bits per heavy atom. The average molecular weight is 411 g/mol. The number of hydrogen-bond acceptors (Lipinski definition) is 4. The number of nitrogens with one attached hydrogen (secondary N) is 4. The summed E-state index contributed by atoms with van der Waals surface area (Å²) >= 11 is 0. The summed E-state index contributed by atoms with van der Waals surface area (Å²) in [5, 5.41) is 11.5. The molecule has 0 unspecified atom stereocenters. The van der Waals surface area contributed by atoms with Crippen LogP contribution in [0.4, 0.5) is 17.1 Å². The van der Waals surface area contributed by atoms with Crippen LogP contribution in [0.1, 0.15) is 45.0 Å². The first kappa shape index (κ1) is 22.9. The Balaban J connectivity index is 1.93. The van der Waals surface area contributed by atoms with Crippen LogP contribution in [0, 0.1) is 5.41 Å². The average Bonchev–Trinajstić information content (AvgIpc) is 2.65. The Morgan fingerprint density at radius 2 is 1.47 bits per heavy atom. The third-order valence-corrected chi connectivity index (χ3v) is 4.08. The van der Waals surface area contributed by atoms with Gasteiger partial charge in [0, 0.05) is 34.1 Å². The molecule has 30 heavy (non-hydrogen) atoms. The van der Waals surface area contributed by atoms with E-state index in [2.05, 4.69) is 21.3 Å². The Bertz CT molecular complexity index is 917. The molecular formula is C23H30N4O3. The van der Waals surface area contributed by atoms with Crippen LogP contribution < -0.4 is 21.3 Å². The van der Waals surface area contributed by atoms with Crippen LogP contribution in [0.25, 0.3) is 0 Å². The molecule has 7 heteroatoms. The lowest BCUT2D eigenvalue weighted by atomic mass is 9.95. The van der Waals surface area contributed by atoms with E-state index in [-0.39, 0.29) is 30.3 Å². The van der Waals surface area contributed by atoms with Gasteiger partial charge in [0.1, 0.15) is 0 Å². The van der Waals surface area contributed by atoms with Crippen molar-refractivity contribution in [2.45, 2.75) is 40.7 Å². The minimum absolute atomic E-state index is 0.0314. The van der Waals surface area contributed by atoms with Gasteiger partial charge in [0.05, 0.1) is 6.54 Å². The molecule has 3 amide bonds. The number of anilines is 3. The maximum atomic E-state index is 12.3. The standard InChI is InChI=1S/C23H30N4O3/c1-15(2)25-21(29)16-8-6-10-18(12-16)26-20(28)14-24-17-9-7-11-19(13-17)27-22(30)23(3,4)5/h6-13,15,24H,14H2,1-5H3,(H,25,29)(H,26,28)(H,27,30). The molecule has 160 valence electrons. The summed E-state index contributed by atoms with van der Waals surface area (Å²) in [5.41, 5.74) is 1.90. The molecule has 0 atom stereocenters. The normalized spacial score (nSPS) is 11.0. The highest BCUT2D eigenvalue weighted by molar-refractivity contribution is 5.98. The van der Waals surface area contributed by atoms with E-state index in [4.69, 9.17) is 0 Å². The van der Waals surface area contributed by atoms with Crippen LogP contribution in [0.3, 0.4) is 0 Å². The summed E-state index contributed by atoms with van der Waals surface area (Å²) < 4.78 is 0. The number of benzene rings is 2. The predicted octanol–water partition coefficient (Wildman–Crippen LogP) is 3.86. The fraction of sp³-hybridized carbons (Fsp3) is 0.348. The lowest BCUT2D eigenvalue weighted by Gasteiger charge is -2.18. The van der Waals surface area contributed by atoms with Gasteiger partial charge in [0.25, 0.3) is 5.91 Å². The lowest BCUT2D eigenvalue weighted by Crippen LogP contribution is -2.30. The molecule has 0 aromatic heterocycles. The Morgan fingerprint density at radius 1 is 0.867 bits per heavy atom. The fourth-order valence-electron chi connectivity index (χ4n) is 2.50. The molecule has 4 N–H and O–H groups in total. The highest BCUT2D eigenvalue weighted by Gasteiger charge is 2.21. The SMILES string of the molecule is CC(C)NC(=O)c1cccc(NC(=O)CNc2cccc(NC(=O)C(C)(C)C)c2)c1. The third kappa shape index (κ3) is 7.24. The van der Waals surface area contributed by atoms with Crippen LogP contribution in [-0.2, 0) is 9.59 Å². The second-order valence-corrected chi connectivity index (χ2v) is 8.40. The van der Waals surface area contributed by atoms with Crippen molar-refractivity contribution in [3.8, 4) is 0 Å². The van der Waals surface area contributed by atoms with Crippen molar-refractivity contribution in [1.29, 1.82) is 0 Å². The van der Waals surface area contributed by atoms with E-state index in [9.17, 15) is 14.4 Å². The van der Waals surface area contributed by atoms with E-state index < -0.39 is 5.41 Å². The fourth-order valence-corrected chi connectivity index (χ4v) is 2.50. The molecule has 2 aromatic rings. The van der Waals surface area contributed by atoms with Crippen LogP contribution in [0.2, 0.25) is 0 Å². The van der Waals surface area contributed by atoms with E-state index in [0.717, 1.165) is 0 Å². The lowest BCUT2D eigenvalue weighted by molar-refractivity contribution is -0.123. The van der Waals surface area contributed by atoms with E-state index in [1.165, 1.54) is 0 Å². The van der Waals surface area contributed by atoms with Gasteiger partial charge in [-0.15, -0.1) is 0 Å². The molecule has 0 aliphatic heterocycles. The number of rotatable bonds is 7. The van der Waals surface area contributed by atoms with E-state index in [1.54, 1.807) is 42.5 Å². The molecule has 0 aliphatic rings. The monoisotopic (exact) mass is 410 g/mol. The first-order valence-corrected chi connectivity index (χ1v) is 9.91.